The summed E-state index contributed by atoms with van der Waals surface area (Å²) in [6.07, 6.45) is -4.43. The van der Waals surface area contributed by atoms with E-state index >= 15 is 0 Å². The van der Waals surface area contributed by atoms with Crippen LogP contribution in [0.3, 0.4) is 0 Å². The van der Waals surface area contributed by atoms with Crippen LogP contribution in [0.1, 0.15) is 18.1 Å². The van der Waals surface area contributed by atoms with Gasteiger partial charge in [0.2, 0.25) is 0 Å². The second-order valence-electron chi connectivity index (χ2n) is 4.09. The molecule has 0 bridgehead atoms. The Bertz CT molecular complexity index is 393. The lowest BCUT2D eigenvalue weighted by Crippen LogP contribution is -2.09. The summed E-state index contributed by atoms with van der Waals surface area (Å²) in [7, 11) is 0. The van der Waals surface area contributed by atoms with Gasteiger partial charge in [0.1, 0.15) is 0 Å². The summed E-state index contributed by atoms with van der Waals surface area (Å²) in [4.78, 5) is 0.125. The molecule has 1 atom stereocenters. The van der Waals surface area contributed by atoms with Gasteiger partial charge < -0.3 is 10.2 Å². The maximum Gasteiger partial charge on any atom is 0.417 e. The van der Waals surface area contributed by atoms with Gasteiger partial charge in [-0.1, -0.05) is 13.0 Å². The first kappa shape index (κ1) is 15.3. The number of halogens is 3. The van der Waals surface area contributed by atoms with Crippen molar-refractivity contribution in [1.29, 1.82) is 0 Å². The minimum atomic E-state index is -4.43. The SMILES string of the molecule is CC(CO)CSc1ccc(CO)cc1C(F)(F)F. The van der Waals surface area contributed by atoms with Crippen LogP contribution in [0.25, 0.3) is 0 Å². The van der Waals surface area contributed by atoms with Crippen LogP contribution >= 0.6 is 11.8 Å². The Labute approximate surface area is 108 Å². The van der Waals surface area contributed by atoms with Crippen molar-refractivity contribution in [2.24, 2.45) is 5.92 Å². The van der Waals surface area contributed by atoms with Gasteiger partial charge in [0.15, 0.2) is 0 Å². The molecular formula is C12H15F3O2S. The van der Waals surface area contributed by atoms with Crippen molar-refractivity contribution in [2.45, 2.75) is 24.6 Å². The van der Waals surface area contributed by atoms with Crippen molar-refractivity contribution in [3.63, 3.8) is 0 Å². The minimum Gasteiger partial charge on any atom is -0.396 e. The van der Waals surface area contributed by atoms with Crippen LogP contribution in [0, 0.1) is 5.92 Å². The van der Waals surface area contributed by atoms with Gasteiger partial charge in [0.05, 0.1) is 12.2 Å². The summed E-state index contributed by atoms with van der Waals surface area (Å²) >= 11 is 1.06. The molecule has 0 saturated carbocycles. The molecule has 0 fully saturated rings. The summed E-state index contributed by atoms with van der Waals surface area (Å²) < 4.78 is 38.5. The number of alkyl halides is 3. The molecule has 0 aliphatic carbocycles. The molecule has 1 unspecified atom stereocenters. The normalized spacial score (nSPS) is 13.7. The zero-order valence-corrected chi connectivity index (χ0v) is 10.7. The molecule has 0 spiro atoms. The number of aliphatic hydroxyl groups excluding tert-OH is 2. The van der Waals surface area contributed by atoms with E-state index in [1.807, 2.05) is 0 Å². The molecule has 2 nitrogen and oxygen atoms in total. The highest BCUT2D eigenvalue weighted by Crippen LogP contribution is 2.37. The molecule has 6 heteroatoms. The molecule has 2 N–H and O–H groups in total. The van der Waals surface area contributed by atoms with Gasteiger partial charge in [-0.05, 0) is 23.6 Å². The van der Waals surface area contributed by atoms with Crippen LogP contribution < -0.4 is 0 Å². The molecule has 1 aromatic carbocycles. The van der Waals surface area contributed by atoms with E-state index in [1.165, 1.54) is 12.1 Å². The average molecular weight is 280 g/mol. The van der Waals surface area contributed by atoms with Crippen molar-refractivity contribution in [1.82, 2.24) is 0 Å². The molecule has 0 amide bonds. The lowest BCUT2D eigenvalue weighted by atomic mass is 10.1. The zero-order chi connectivity index (χ0) is 13.8. The second-order valence-corrected chi connectivity index (χ2v) is 5.15. The fraction of sp³-hybridized carbons (Fsp3) is 0.500. The lowest BCUT2D eigenvalue weighted by molar-refractivity contribution is -0.139. The maximum absolute atomic E-state index is 12.8. The highest BCUT2D eigenvalue weighted by molar-refractivity contribution is 7.99. The Kier molecular flexibility index (Phi) is 5.49. The quantitative estimate of drug-likeness (QED) is 0.815. The molecular weight excluding hydrogens is 265 g/mol. The second kappa shape index (κ2) is 6.45. The average Bonchev–Trinajstić information content (AvgIpc) is 2.34. The van der Waals surface area contributed by atoms with E-state index in [1.54, 1.807) is 6.92 Å². The van der Waals surface area contributed by atoms with Gasteiger partial charge in [-0.25, -0.2) is 0 Å². The summed E-state index contributed by atoms with van der Waals surface area (Å²) in [5.41, 5.74) is -0.494. The number of benzene rings is 1. The first-order chi connectivity index (χ1) is 8.38. The van der Waals surface area contributed by atoms with E-state index in [4.69, 9.17) is 10.2 Å². The van der Waals surface area contributed by atoms with Crippen molar-refractivity contribution in [3.05, 3.63) is 29.3 Å². The van der Waals surface area contributed by atoms with Gasteiger partial charge in [-0.2, -0.15) is 13.2 Å². The fourth-order valence-corrected chi connectivity index (χ4v) is 2.37. The van der Waals surface area contributed by atoms with Crippen molar-refractivity contribution < 1.29 is 23.4 Å². The van der Waals surface area contributed by atoms with E-state index in [2.05, 4.69) is 0 Å². The van der Waals surface area contributed by atoms with E-state index < -0.39 is 18.3 Å². The number of thioether (sulfide) groups is 1. The van der Waals surface area contributed by atoms with Gasteiger partial charge in [-0.15, -0.1) is 11.8 Å². The number of aliphatic hydroxyl groups is 2. The molecule has 0 radical (unpaired) electrons. The van der Waals surface area contributed by atoms with E-state index in [-0.39, 0.29) is 23.0 Å². The van der Waals surface area contributed by atoms with E-state index in [0.29, 0.717) is 5.75 Å². The standard InChI is InChI=1S/C12H15F3O2S/c1-8(5-16)7-18-11-3-2-9(6-17)4-10(11)12(13,14)15/h2-4,8,16-17H,5-7H2,1H3. The fourth-order valence-electron chi connectivity index (χ4n) is 1.31. The van der Waals surface area contributed by atoms with Crippen molar-refractivity contribution >= 4 is 11.8 Å². The summed E-state index contributed by atoms with van der Waals surface area (Å²) in [5, 5.41) is 17.7. The van der Waals surface area contributed by atoms with Crippen LogP contribution in [0.5, 0.6) is 0 Å². The Morgan fingerprint density at radius 2 is 1.94 bits per heavy atom. The van der Waals surface area contributed by atoms with Gasteiger partial charge >= 0.3 is 6.18 Å². The van der Waals surface area contributed by atoms with Crippen LogP contribution in [-0.4, -0.2) is 22.6 Å². The van der Waals surface area contributed by atoms with Gasteiger partial charge in [-0.3, -0.25) is 0 Å². The molecule has 0 heterocycles. The molecule has 102 valence electrons. The molecule has 1 aromatic rings. The van der Waals surface area contributed by atoms with E-state index in [0.717, 1.165) is 17.8 Å². The van der Waals surface area contributed by atoms with Gasteiger partial charge in [0, 0.05) is 17.3 Å². The monoisotopic (exact) mass is 280 g/mol. The summed E-state index contributed by atoms with van der Waals surface area (Å²) in [6.45, 7) is 1.30. The first-order valence-electron chi connectivity index (χ1n) is 5.43. The lowest BCUT2D eigenvalue weighted by Gasteiger charge is -2.15. The predicted molar refractivity (Wildman–Crippen MR) is 64.3 cm³/mol. The van der Waals surface area contributed by atoms with Crippen LogP contribution in [-0.2, 0) is 12.8 Å². The Hall–Kier alpha value is -0.720. The highest BCUT2D eigenvalue weighted by Gasteiger charge is 2.33. The zero-order valence-electron chi connectivity index (χ0n) is 9.87. The summed E-state index contributed by atoms with van der Waals surface area (Å²) in [6, 6.07) is 3.80. The molecule has 0 aliphatic heterocycles. The summed E-state index contributed by atoms with van der Waals surface area (Å²) in [5.74, 6) is 0.353. The van der Waals surface area contributed by atoms with Gasteiger partial charge in [0.25, 0.3) is 0 Å². The minimum absolute atomic E-state index is 0.0525. The number of hydrogen-bond donors (Lipinski definition) is 2. The van der Waals surface area contributed by atoms with Crippen LogP contribution in [0.15, 0.2) is 23.1 Å². The smallest absolute Gasteiger partial charge is 0.396 e. The molecule has 0 aliphatic rings. The third-order valence-electron chi connectivity index (χ3n) is 2.37. The first-order valence-corrected chi connectivity index (χ1v) is 6.41. The Balaban J connectivity index is 2.96. The molecule has 1 rings (SSSR count). The molecule has 18 heavy (non-hydrogen) atoms. The third-order valence-corrected chi connectivity index (χ3v) is 3.77. The number of rotatable bonds is 5. The van der Waals surface area contributed by atoms with Crippen LogP contribution in [0.2, 0.25) is 0 Å². The predicted octanol–water partition coefficient (Wildman–Crippen LogP) is 2.92. The topological polar surface area (TPSA) is 40.5 Å². The maximum atomic E-state index is 12.8. The Morgan fingerprint density at radius 3 is 2.44 bits per heavy atom. The molecule has 0 saturated heterocycles. The Morgan fingerprint density at radius 1 is 1.28 bits per heavy atom. The number of hydrogen-bond acceptors (Lipinski definition) is 3. The van der Waals surface area contributed by atoms with E-state index in [9.17, 15) is 13.2 Å². The van der Waals surface area contributed by atoms with Crippen molar-refractivity contribution in [2.75, 3.05) is 12.4 Å². The molecule has 0 aromatic heterocycles. The van der Waals surface area contributed by atoms with Crippen molar-refractivity contribution in [3.8, 4) is 0 Å². The third kappa shape index (κ3) is 4.19. The highest BCUT2D eigenvalue weighted by atomic mass is 32.2. The van der Waals surface area contributed by atoms with Crippen LogP contribution in [0.4, 0.5) is 13.2 Å². The largest absolute Gasteiger partial charge is 0.417 e.